The number of carbonyl (C=O) groups is 2. The lowest BCUT2D eigenvalue weighted by atomic mass is 10.2. The van der Waals surface area contributed by atoms with Crippen LogP contribution in [0.3, 0.4) is 0 Å². The summed E-state index contributed by atoms with van der Waals surface area (Å²) >= 11 is 0. The zero-order valence-corrected chi connectivity index (χ0v) is 11.3. The summed E-state index contributed by atoms with van der Waals surface area (Å²) < 4.78 is 0. The van der Waals surface area contributed by atoms with Gasteiger partial charge in [0.05, 0.1) is 0 Å². The number of allylic oxidation sites excluding steroid dienone is 1. The van der Waals surface area contributed by atoms with Crippen LogP contribution in [0.15, 0.2) is 35.9 Å². The fourth-order valence-corrected chi connectivity index (χ4v) is 2.09. The monoisotopic (exact) mass is 258 g/mol. The second-order valence-electron chi connectivity index (χ2n) is 4.91. The molecule has 100 valence electrons. The Morgan fingerprint density at radius 1 is 1.26 bits per heavy atom. The fourth-order valence-electron chi connectivity index (χ4n) is 2.09. The van der Waals surface area contributed by atoms with Crippen molar-refractivity contribution in [3.05, 3.63) is 35.9 Å². The van der Waals surface area contributed by atoms with Crippen molar-refractivity contribution in [3.8, 4) is 0 Å². The number of amides is 2. The van der Waals surface area contributed by atoms with Gasteiger partial charge < -0.3 is 10.2 Å². The van der Waals surface area contributed by atoms with Crippen molar-refractivity contribution >= 4 is 23.2 Å². The van der Waals surface area contributed by atoms with E-state index < -0.39 is 0 Å². The van der Waals surface area contributed by atoms with Crippen LogP contribution in [-0.4, -0.2) is 18.4 Å². The third-order valence-corrected chi connectivity index (χ3v) is 2.94. The molecule has 2 rings (SSSR count). The number of rotatable bonds is 3. The van der Waals surface area contributed by atoms with Gasteiger partial charge in [0.25, 0.3) is 0 Å². The molecule has 0 aromatic heterocycles. The maximum absolute atomic E-state index is 11.6. The molecule has 0 saturated carbocycles. The highest BCUT2D eigenvalue weighted by Gasteiger charge is 2.21. The molecular weight excluding hydrogens is 240 g/mol. The molecule has 1 aliphatic rings. The van der Waals surface area contributed by atoms with Crippen LogP contribution in [0.2, 0.25) is 0 Å². The zero-order valence-electron chi connectivity index (χ0n) is 11.3. The quantitative estimate of drug-likeness (QED) is 0.847. The van der Waals surface area contributed by atoms with Crippen molar-refractivity contribution in [3.63, 3.8) is 0 Å². The van der Waals surface area contributed by atoms with Crippen LogP contribution >= 0.6 is 0 Å². The predicted molar refractivity (Wildman–Crippen MR) is 76.1 cm³/mol. The first kappa shape index (κ1) is 13.3. The molecular formula is C15H18N2O2. The van der Waals surface area contributed by atoms with Crippen molar-refractivity contribution in [2.45, 2.75) is 26.7 Å². The summed E-state index contributed by atoms with van der Waals surface area (Å²) in [7, 11) is 0. The number of anilines is 2. The third-order valence-electron chi connectivity index (χ3n) is 2.94. The molecule has 0 atom stereocenters. The minimum absolute atomic E-state index is 0.134. The van der Waals surface area contributed by atoms with E-state index in [2.05, 4.69) is 5.32 Å². The number of nitrogens with one attached hydrogen (secondary N) is 1. The second kappa shape index (κ2) is 5.69. The molecule has 2 amide bonds. The van der Waals surface area contributed by atoms with Gasteiger partial charge in [-0.2, -0.15) is 0 Å². The zero-order chi connectivity index (χ0) is 13.8. The van der Waals surface area contributed by atoms with Crippen LogP contribution in [0.4, 0.5) is 11.4 Å². The summed E-state index contributed by atoms with van der Waals surface area (Å²) in [6, 6.07) is 7.36. The summed E-state index contributed by atoms with van der Waals surface area (Å²) in [5.41, 5.74) is 2.58. The van der Waals surface area contributed by atoms with Crippen LogP contribution in [0.5, 0.6) is 0 Å². The molecule has 1 aromatic rings. The first-order chi connectivity index (χ1) is 9.06. The van der Waals surface area contributed by atoms with Crippen LogP contribution in [0, 0.1) is 0 Å². The van der Waals surface area contributed by atoms with E-state index in [0.717, 1.165) is 29.9 Å². The molecule has 1 aromatic carbocycles. The van der Waals surface area contributed by atoms with Gasteiger partial charge in [0.1, 0.15) is 0 Å². The van der Waals surface area contributed by atoms with E-state index in [9.17, 15) is 9.59 Å². The molecule has 1 heterocycles. The van der Waals surface area contributed by atoms with E-state index in [1.807, 2.05) is 38.1 Å². The Kier molecular flexibility index (Phi) is 4.00. The van der Waals surface area contributed by atoms with Crippen molar-refractivity contribution in [1.29, 1.82) is 0 Å². The third kappa shape index (κ3) is 3.44. The molecule has 4 nitrogen and oxygen atoms in total. The number of carbonyl (C=O) groups excluding carboxylic acids is 2. The maximum Gasteiger partial charge on any atom is 0.248 e. The summed E-state index contributed by atoms with van der Waals surface area (Å²) in [6.07, 6.45) is 3.09. The molecule has 0 spiro atoms. The van der Waals surface area contributed by atoms with Gasteiger partial charge in [0.15, 0.2) is 0 Å². The Bertz CT molecular complexity index is 513. The van der Waals surface area contributed by atoms with Crippen molar-refractivity contribution in [2.24, 2.45) is 0 Å². The second-order valence-corrected chi connectivity index (χ2v) is 4.91. The van der Waals surface area contributed by atoms with E-state index >= 15 is 0 Å². The highest BCUT2D eigenvalue weighted by atomic mass is 16.2. The lowest BCUT2D eigenvalue weighted by Crippen LogP contribution is -2.23. The van der Waals surface area contributed by atoms with Gasteiger partial charge in [-0.05, 0) is 44.5 Å². The summed E-state index contributed by atoms with van der Waals surface area (Å²) in [4.78, 5) is 25.0. The molecule has 1 aliphatic heterocycles. The molecule has 0 aliphatic carbocycles. The predicted octanol–water partition coefficient (Wildman–Crippen LogP) is 2.72. The molecule has 4 heteroatoms. The van der Waals surface area contributed by atoms with Crippen molar-refractivity contribution in [1.82, 2.24) is 0 Å². The topological polar surface area (TPSA) is 49.4 Å². The van der Waals surface area contributed by atoms with Crippen LogP contribution in [-0.2, 0) is 9.59 Å². The molecule has 0 bridgehead atoms. The largest absolute Gasteiger partial charge is 0.323 e. The number of hydrogen-bond acceptors (Lipinski definition) is 2. The normalized spacial score (nSPS) is 14.4. The number of benzene rings is 1. The molecule has 0 radical (unpaired) electrons. The molecule has 0 unspecified atom stereocenters. The Morgan fingerprint density at radius 2 is 1.95 bits per heavy atom. The van der Waals surface area contributed by atoms with E-state index in [4.69, 9.17) is 0 Å². The maximum atomic E-state index is 11.6. The SMILES string of the molecule is CC(C)=CC(=O)Nc1ccc(N2CCCC2=O)cc1. The lowest BCUT2D eigenvalue weighted by Gasteiger charge is -2.15. The van der Waals surface area contributed by atoms with Gasteiger partial charge in [0.2, 0.25) is 11.8 Å². The average molecular weight is 258 g/mol. The van der Waals surface area contributed by atoms with Gasteiger partial charge in [-0.1, -0.05) is 5.57 Å². The Labute approximate surface area is 113 Å². The summed E-state index contributed by atoms with van der Waals surface area (Å²) in [5.74, 6) is 0.0336. The highest BCUT2D eigenvalue weighted by molar-refractivity contribution is 6.00. The van der Waals surface area contributed by atoms with Gasteiger partial charge >= 0.3 is 0 Å². The molecule has 19 heavy (non-hydrogen) atoms. The minimum atomic E-state index is -0.134. The van der Waals surface area contributed by atoms with Gasteiger partial charge in [0, 0.05) is 30.4 Å². The van der Waals surface area contributed by atoms with Gasteiger partial charge in [-0.3, -0.25) is 9.59 Å². The van der Waals surface area contributed by atoms with Crippen molar-refractivity contribution in [2.75, 3.05) is 16.8 Å². The van der Waals surface area contributed by atoms with Crippen LogP contribution in [0.1, 0.15) is 26.7 Å². The molecule has 1 saturated heterocycles. The summed E-state index contributed by atoms with van der Waals surface area (Å²) in [5, 5.41) is 2.78. The van der Waals surface area contributed by atoms with E-state index in [0.29, 0.717) is 6.42 Å². The van der Waals surface area contributed by atoms with E-state index in [1.54, 1.807) is 11.0 Å². The summed E-state index contributed by atoms with van der Waals surface area (Å²) in [6.45, 7) is 4.53. The minimum Gasteiger partial charge on any atom is -0.323 e. The average Bonchev–Trinajstić information content (AvgIpc) is 2.75. The smallest absolute Gasteiger partial charge is 0.248 e. The lowest BCUT2D eigenvalue weighted by molar-refractivity contribution is -0.117. The van der Waals surface area contributed by atoms with E-state index in [-0.39, 0.29) is 11.8 Å². The van der Waals surface area contributed by atoms with Gasteiger partial charge in [-0.15, -0.1) is 0 Å². The Morgan fingerprint density at radius 3 is 2.47 bits per heavy atom. The van der Waals surface area contributed by atoms with E-state index in [1.165, 1.54) is 0 Å². The fraction of sp³-hybridized carbons (Fsp3) is 0.333. The van der Waals surface area contributed by atoms with Crippen LogP contribution in [0.25, 0.3) is 0 Å². The first-order valence-corrected chi connectivity index (χ1v) is 6.42. The molecule has 1 N–H and O–H groups in total. The van der Waals surface area contributed by atoms with Crippen molar-refractivity contribution < 1.29 is 9.59 Å². The van der Waals surface area contributed by atoms with Crippen LogP contribution < -0.4 is 10.2 Å². The Hall–Kier alpha value is -2.10. The Balaban J connectivity index is 2.04. The standard InChI is InChI=1S/C15H18N2O2/c1-11(2)10-14(18)16-12-5-7-13(8-6-12)17-9-3-4-15(17)19/h5-8,10H,3-4,9H2,1-2H3,(H,16,18). The first-order valence-electron chi connectivity index (χ1n) is 6.42. The highest BCUT2D eigenvalue weighted by Crippen LogP contribution is 2.22. The van der Waals surface area contributed by atoms with Gasteiger partial charge in [-0.25, -0.2) is 0 Å². The molecule has 1 fully saturated rings. The number of nitrogens with zero attached hydrogens (tertiary/aromatic N) is 1. The number of hydrogen-bond donors (Lipinski definition) is 1.